The van der Waals surface area contributed by atoms with Gasteiger partial charge in [-0.15, -0.1) is 0 Å². The summed E-state index contributed by atoms with van der Waals surface area (Å²) in [6, 6.07) is 9.80. The van der Waals surface area contributed by atoms with Crippen LogP contribution in [0.1, 0.15) is 28.4 Å². The molecule has 1 amide bonds. The smallest absolute Gasteiger partial charge is 0.226 e. The summed E-state index contributed by atoms with van der Waals surface area (Å²) in [4.78, 5) is 28.2. The molecule has 0 bridgehead atoms. The standard InChI is InChI=1S/C21H20Cl2N2O3/c1-12-14(7-8-18(24-3)20(12)23)10-17(13(2)26)21(28)25-11-19(27)15-5-4-6-16(22)9-15/h4-9,13,17,26H,10-11H2,1-2H3,(H,25,28)/t13-,17+/m0/s1. The van der Waals surface area contributed by atoms with Crippen molar-refractivity contribution < 1.29 is 14.7 Å². The Kier molecular flexibility index (Phi) is 7.59. The summed E-state index contributed by atoms with van der Waals surface area (Å²) in [6.07, 6.45) is -0.696. The first-order valence-electron chi connectivity index (χ1n) is 8.64. The molecule has 5 nitrogen and oxygen atoms in total. The van der Waals surface area contributed by atoms with Gasteiger partial charge in [0.15, 0.2) is 5.78 Å². The van der Waals surface area contributed by atoms with Gasteiger partial charge >= 0.3 is 0 Å². The van der Waals surface area contributed by atoms with Gasteiger partial charge in [0, 0.05) is 10.6 Å². The first-order chi connectivity index (χ1) is 13.2. The lowest BCUT2D eigenvalue weighted by Crippen LogP contribution is -2.40. The molecule has 28 heavy (non-hydrogen) atoms. The van der Waals surface area contributed by atoms with Crippen LogP contribution in [0, 0.1) is 19.4 Å². The fourth-order valence-electron chi connectivity index (χ4n) is 2.80. The molecular formula is C21H20Cl2N2O3. The molecule has 2 atom stereocenters. The number of aliphatic hydroxyl groups is 1. The minimum Gasteiger partial charge on any atom is -0.393 e. The Bertz CT molecular complexity index is 936. The summed E-state index contributed by atoms with van der Waals surface area (Å²) >= 11 is 12.1. The Morgan fingerprint density at radius 1 is 1.25 bits per heavy atom. The number of ketones is 1. The van der Waals surface area contributed by atoms with Crippen LogP contribution in [0.5, 0.6) is 0 Å². The van der Waals surface area contributed by atoms with Crippen LogP contribution in [0.25, 0.3) is 4.85 Å². The predicted octanol–water partition coefficient (Wildman–Crippen LogP) is 4.39. The van der Waals surface area contributed by atoms with E-state index in [4.69, 9.17) is 29.8 Å². The second-order valence-corrected chi connectivity index (χ2v) is 7.31. The third kappa shape index (κ3) is 5.32. The topological polar surface area (TPSA) is 70.8 Å². The van der Waals surface area contributed by atoms with E-state index in [1.807, 2.05) is 0 Å². The minimum atomic E-state index is -0.931. The van der Waals surface area contributed by atoms with Gasteiger partial charge in [-0.3, -0.25) is 9.59 Å². The minimum absolute atomic E-state index is 0.196. The number of halogens is 2. The summed E-state index contributed by atoms with van der Waals surface area (Å²) in [7, 11) is 0. The molecule has 0 radical (unpaired) electrons. The van der Waals surface area contributed by atoms with Crippen LogP contribution in [-0.4, -0.2) is 29.4 Å². The van der Waals surface area contributed by atoms with E-state index in [-0.39, 0.29) is 18.7 Å². The Morgan fingerprint density at radius 3 is 2.57 bits per heavy atom. The number of carbonyl (C=O) groups excluding carboxylic acids is 2. The zero-order chi connectivity index (χ0) is 20.8. The summed E-state index contributed by atoms with van der Waals surface area (Å²) in [5.74, 6) is -1.48. The quantitative estimate of drug-likeness (QED) is 0.517. The molecule has 0 spiro atoms. The molecule has 2 N–H and O–H groups in total. The van der Waals surface area contributed by atoms with Crippen LogP contribution in [0.3, 0.4) is 0 Å². The number of hydrogen-bond acceptors (Lipinski definition) is 3. The van der Waals surface area contributed by atoms with Crippen LogP contribution >= 0.6 is 23.2 Å². The van der Waals surface area contributed by atoms with Gasteiger partial charge in [0.1, 0.15) is 0 Å². The molecule has 0 aliphatic heterocycles. The highest BCUT2D eigenvalue weighted by Gasteiger charge is 2.25. The van der Waals surface area contributed by atoms with Gasteiger partial charge in [0.05, 0.1) is 30.2 Å². The van der Waals surface area contributed by atoms with Crippen molar-refractivity contribution >= 4 is 40.6 Å². The molecular weight excluding hydrogens is 399 g/mol. The SMILES string of the molecule is [C-]#[N+]c1ccc(C[C@@H](C(=O)NCC(=O)c2cccc(Cl)c2)[C@H](C)O)c(C)c1Cl. The average molecular weight is 419 g/mol. The van der Waals surface area contributed by atoms with E-state index in [0.717, 1.165) is 5.56 Å². The van der Waals surface area contributed by atoms with Gasteiger partial charge in [-0.25, -0.2) is 4.85 Å². The number of rotatable bonds is 7. The summed E-state index contributed by atoms with van der Waals surface area (Å²) < 4.78 is 0. The van der Waals surface area contributed by atoms with Crippen molar-refractivity contribution in [3.8, 4) is 0 Å². The highest BCUT2D eigenvalue weighted by Crippen LogP contribution is 2.32. The first-order valence-corrected chi connectivity index (χ1v) is 9.40. The number of aliphatic hydroxyl groups excluding tert-OH is 1. The zero-order valence-corrected chi connectivity index (χ0v) is 17.0. The van der Waals surface area contributed by atoms with E-state index >= 15 is 0 Å². The normalized spacial score (nSPS) is 12.7. The average Bonchev–Trinajstić information content (AvgIpc) is 2.66. The van der Waals surface area contributed by atoms with Crippen molar-refractivity contribution in [2.45, 2.75) is 26.4 Å². The summed E-state index contributed by atoms with van der Waals surface area (Å²) in [5.41, 5.74) is 2.20. The number of carbonyl (C=O) groups is 2. The molecule has 0 aliphatic carbocycles. The van der Waals surface area contributed by atoms with Crippen molar-refractivity contribution in [3.63, 3.8) is 0 Å². The van der Waals surface area contributed by atoms with Gasteiger partial charge in [0.2, 0.25) is 11.6 Å². The maximum Gasteiger partial charge on any atom is 0.226 e. The molecule has 0 unspecified atom stereocenters. The Morgan fingerprint density at radius 2 is 1.96 bits per heavy atom. The summed E-state index contributed by atoms with van der Waals surface area (Å²) in [5, 5.41) is 13.4. The number of hydrogen-bond donors (Lipinski definition) is 2. The number of Topliss-reactive ketones (excluding diaryl/α,β-unsaturated/α-hetero) is 1. The first kappa shape index (κ1) is 21.9. The lowest BCUT2D eigenvalue weighted by atomic mass is 9.91. The van der Waals surface area contributed by atoms with Gasteiger partial charge in [-0.2, -0.15) is 0 Å². The van der Waals surface area contributed by atoms with Crippen molar-refractivity contribution in [3.05, 3.63) is 74.6 Å². The molecule has 2 aromatic carbocycles. The van der Waals surface area contributed by atoms with E-state index in [1.54, 1.807) is 37.3 Å². The lowest BCUT2D eigenvalue weighted by Gasteiger charge is -2.21. The number of nitrogens with zero attached hydrogens (tertiary/aromatic N) is 1. The van der Waals surface area contributed by atoms with Gasteiger partial charge < -0.3 is 10.4 Å². The van der Waals surface area contributed by atoms with Gasteiger partial charge in [-0.1, -0.05) is 47.5 Å². The third-order valence-electron chi connectivity index (χ3n) is 4.53. The predicted molar refractivity (Wildman–Crippen MR) is 110 cm³/mol. The molecule has 146 valence electrons. The molecule has 0 aliphatic rings. The van der Waals surface area contributed by atoms with Crippen LogP contribution in [0.4, 0.5) is 5.69 Å². The van der Waals surface area contributed by atoms with Crippen molar-refractivity contribution in [2.24, 2.45) is 5.92 Å². The van der Waals surface area contributed by atoms with E-state index in [0.29, 0.717) is 26.9 Å². The maximum absolute atomic E-state index is 12.6. The molecule has 0 heterocycles. The molecule has 0 saturated heterocycles. The van der Waals surface area contributed by atoms with E-state index < -0.39 is 17.9 Å². The number of nitrogens with one attached hydrogen (secondary N) is 1. The van der Waals surface area contributed by atoms with E-state index in [9.17, 15) is 14.7 Å². The Hall–Kier alpha value is -2.39. The molecule has 2 aromatic rings. The second-order valence-electron chi connectivity index (χ2n) is 6.50. The van der Waals surface area contributed by atoms with E-state index in [1.165, 1.54) is 13.0 Å². The van der Waals surface area contributed by atoms with Crippen molar-refractivity contribution in [2.75, 3.05) is 6.54 Å². The molecule has 0 saturated carbocycles. The Balaban J connectivity index is 2.09. The summed E-state index contributed by atoms with van der Waals surface area (Å²) in [6.45, 7) is 10.2. The third-order valence-corrected chi connectivity index (χ3v) is 5.24. The Labute approximate surface area is 174 Å². The van der Waals surface area contributed by atoms with Crippen LogP contribution in [0.2, 0.25) is 10.0 Å². The maximum atomic E-state index is 12.6. The highest BCUT2D eigenvalue weighted by molar-refractivity contribution is 6.34. The fraction of sp³-hybridized carbons (Fsp3) is 0.286. The fourth-order valence-corrected chi connectivity index (χ4v) is 3.22. The number of benzene rings is 2. The van der Waals surface area contributed by atoms with Crippen molar-refractivity contribution in [1.29, 1.82) is 0 Å². The molecule has 0 fully saturated rings. The number of amides is 1. The second kappa shape index (κ2) is 9.70. The zero-order valence-electron chi connectivity index (χ0n) is 15.5. The monoisotopic (exact) mass is 418 g/mol. The van der Waals surface area contributed by atoms with Crippen LogP contribution in [-0.2, 0) is 11.2 Å². The van der Waals surface area contributed by atoms with Crippen LogP contribution in [0.15, 0.2) is 36.4 Å². The molecule has 2 rings (SSSR count). The lowest BCUT2D eigenvalue weighted by molar-refractivity contribution is -0.127. The highest BCUT2D eigenvalue weighted by atomic mass is 35.5. The largest absolute Gasteiger partial charge is 0.393 e. The van der Waals surface area contributed by atoms with Gasteiger partial charge in [-0.05, 0) is 43.5 Å². The van der Waals surface area contributed by atoms with Crippen molar-refractivity contribution in [1.82, 2.24) is 5.32 Å². The molecule has 0 aromatic heterocycles. The van der Waals surface area contributed by atoms with E-state index in [2.05, 4.69) is 10.2 Å². The van der Waals surface area contributed by atoms with Crippen LogP contribution < -0.4 is 5.32 Å². The van der Waals surface area contributed by atoms with Gasteiger partial charge in [0.25, 0.3) is 0 Å². The molecule has 7 heteroatoms.